The van der Waals surface area contributed by atoms with Crippen LogP contribution in [0.3, 0.4) is 0 Å². The minimum absolute atomic E-state index is 0.0406. The SMILES string of the molecule is C[C@H]1CCC/C=C/[C@@H]2C[C@H](O)C[C@H]2[C@H](OC(=O)/C=C/c2cccc(F)c2)/C=C/C(=O)O1.C[C@H]1CCC/C=C/[C@@H]2C[C@H](OC(=O)/C=C/c3cccc(F)c3)C[C@H]2[C@H](O)/C=C/C(=O)O1.C[C@H]1CCC/C=C/[C@@H]2C[C@H](OC(=O)/C=C/c3cccc(F)c3)C[C@H]2[C@H](OC(=O)/C=C/c2cccc(F)c2)/C=C/C(=O)O1. The normalized spacial score (nSPS) is 29.5. The zero-order valence-electron chi connectivity index (χ0n) is 58.7. The van der Waals surface area contributed by atoms with Crippen molar-refractivity contribution in [3.63, 3.8) is 0 Å². The number of ether oxygens (including phenoxy) is 7. The van der Waals surface area contributed by atoms with Crippen LogP contribution in [0.1, 0.15) is 139 Å². The molecule has 3 aliphatic heterocycles. The lowest BCUT2D eigenvalue weighted by Gasteiger charge is -2.24. The molecular weight excluding hydrogens is 1340 g/mol. The maximum Gasteiger partial charge on any atom is 0.331 e. The molecule has 3 aliphatic carbocycles. The van der Waals surface area contributed by atoms with Crippen LogP contribution in [0, 0.1) is 58.8 Å². The highest BCUT2D eigenvalue weighted by Crippen LogP contribution is 2.41. The Kier molecular flexibility index (Phi) is 31.9. The number of allylic oxidation sites excluding steroid dienone is 6. The third kappa shape index (κ3) is 28.1. The second-order valence-corrected chi connectivity index (χ2v) is 26.9. The number of cyclic esters (lactones) is 3. The highest BCUT2D eigenvalue weighted by atomic mass is 19.1. The lowest BCUT2D eigenvalue weighted by molar-refractivity contribution is -0.146. The Bertz CT molecular complexity index is 3850. The Morgan fingerprint density at radius 2 is 0.721 bits per heavy atom. The topological polar surface area (TPSA) is 225 Å². The molecule has 104 heavy (non-hydrogen) atoms. The molecule has 0 spiro atoms. The molecule has 2 N–H and O–H groups in total. The number of hydrogen-bond donors (Lipinski definition) is 2. The highest BCUT2D eigenvalue weighted by Gasteiger charge is 2.42. The number of fused-ring (bicyclic) bond motifs is 3. The monoisotopic (exact) mass is 1430 g/mol. The minimum Gasteiger partial charge on any atom is -0.460 e. The second-order valence-electron chi connectivity index (χ2n) is 26.9. The highest BCUT2D eigenvalue weighted by molar-refractivity contribution is 5.89. The van der Waals surface area contributed by atoms with Gasteiger partial charge in [-0.25, -0.2) is 51.1 Å². The first-order valence-electron chi connectivity index (χ1n) is 35.7. The van der Waals surface area contributed by atoms with Gasteiger partial charge < -0.3 is 43.4 Å². The Labute approximate surface area is 605 Å². The molecule has 3 heterocycles. The molecule has 4 aromatic rings. The first-order valence-corrected chi connectivity index (χ1v) is 35.7. The van der Waals surface area contributed by atoms with Gasteiger partial charge in [-0.3, -0.25) is 0 Å². The summed E-state index contributed by atoms with van der Waals surface area (Å²) >= 11 is 0. The van der Waals surface area contributed by atoms with Crippen LogP contribution in [0.5, 0.6) is 0 Å². The van der Waals surface area contributed by atoms with Crippen molar-refractivity contribution < 1.29 is 94.5 Å². The molecule has 0 amide bonds. The fourth-order valence-corrected chi connectivity index (χ4v) is 13.5. The summed E-state index contributed by atoms with van der Waals surface area (Å²) in [5.41, 5.74) is 2.14. The van der Waals surface area contributed by atoms with Crippen molar-refractivity contribution in [3.05, 3.63) is 240 Å². The van der Waals surface area contributed by atoms with E-state index in [1.165, 1.54) is 134 Å². The number of benzene rings is 4. The molecule has 6 aliphatic rings. The van der Waals surface area contributed by atoms with Crippen LogP contribution in [0.25, 0.3) is 24.3 Å². The van der Waals surface area contributed by atoms with Gasteiger partial charge in [0.1, 0.15) is 47.7 Å². The van der Waals surface area contributed by atoms with E-state index in [0.717, 1.165) is 51.4 Å². The van der Waals surface area contributed by atoms with Gasteiger partial charge >= 0.3 is 41.8 Å². The molecule has 0 bridgehead atoms. The van der Waals surface area contributed by atoms with E-state index in [2.05, 4.69) is 36.5 Å². The zero-order chi connectivity index (χ0) is 74.3. The summed E-state index contributed by atoms with van der Waals surface area (Å²) in [7, 11) is 0. The maximum atomic E-state index is 13.5. The number of aliphatic hydroxyl groups is 2. The Balaban J connectivity index is 0.000000201. The van der Waals surface area contributed by atoms with Crippen molar-refractivity contribution in [1.29, 1.82) is 0 Å². The van der Waals surface area contributed by atoms with Crippen molar-refractivity contribution >= 4 is 66.1 Å². The fourth-order valence-electron chi connectivity index (χ4n) is 13.5. The van der Waals surface area contributed by atoms with Crippen LogP contribution in [0.15, 0.2) is 194 Å². The van der Waals surface area contributed by atoms with Crippen LogP contribution in [0.4, 0.5) is 17.6 Å². The van der Waals surface area contributed by atoms with Crippen molar-refractivity contribution in [2.45, 2.75) is 172 Å². The van der Waals surface area contributed by atoms with Gasteiger partial charge in [0.15, 0.2) is 0 Å². The maximum absolute atomic E-state index is 13.5. The van der Waals surface area contributed by atoms with Crippen molar-refractivity contribution in [2.24, 2.45) is 35.5 Å². The number of carbonyl (C=O) groups excluding carboxylic acids is 7. The van der Waals surface area contributed by atoms with Gasteiger partial charge in [0.05, 0.1) is 30.5 Å². The lowest BCUT2D eigenvalue weighted by atomic mass is 9.89. The van der Waals surface area contributed by atoms with Gasteiger partial charge in [-0.2, -0.15) is 0 Å². The van der Waals surface area contributed by atoms with E-state index < -0.39 is 89.8 Å². The number of carbonyl (C=O) groups is 7. The predicted molar refractivity (Wildman–Crippen MR) is 385 cm³/mol. The zero-order valence-corrected chi connectivity index (χ0v) is 58.7. The van der Waals surface area contributed by atoms with Gasteiger partial charge in [0, 0.05) is 54.4 Å². The van der Waals surface area contributed by atoms with Crippen LogP contribution in [-0.2, 0) is 66.7 Å². The van der Waals surface area contributed by atoms with E-state index in [0.29, 0.717) is 67.2 Å². The molecule has 0 aromatic heterocycles. The van der Waals surface area contributed by atoms with Crippen LogP contribution in [-0.4, -0.2) is 107 Å². The summed E-state index contributed by atoms with van der Waals surface area (Å²) in [5, 5.41) is 20.8. The summed E-state index contributed by atoms with van der Waals surface area (Å²) in [6.07, 6.45) is 37.9. The minimum atomic E-state index is -0.843. The standard InChI is InChI=1S/C34H34F2O6.2C25H29FO5/c1-23-7-3-2-4-10-26-21-29(41-33(38)16-13-24-8-5-11-27(35)19-24)22-30(26)31(15-18-32(37)40-23)42-34(39)17-14-25-9-6-12-28(36)20-25;1-17-6-3-2-4-8-19-15-21(16-22(19)23(27)11-13-24(28)30-17)31-25(29)12-10-18-7-5-9-20(26)14-18;1-17-6-3-2-4-8-19-15-21(27)16-22(19)23(11-13-24(28)30-17)31-25(29)12-10-18-7-5-9-20(26)14-18/h4-6,8-20,23,26,29-31H,2-3,7,21-22H2,1H3;2*4-5,7-14,17,19,21-23,27H,2-3,6,15-16H2,1H3/b10-4+,16-13+,17-14+,18-15+;2*8-4+,12-10+,13-11+/t23-,26+,29-,30+,31+;2*17-,19+,21-,22+,23+/m000/s1. The van der Waals surface area contributed by atoms with Crippen LogP contribution >= 0.6 is 0 Å². The molecule has 552 valence electrons. The molecule has 3 fully saturated rings. The van der Waals surface area contributed by atoms with Gasteiger partial charge in [-0.15, -0.1) is 0 Å². The van der Waals surface area contributed by atoms with Gasteiger partial charge in [0.2, 0.25) is 0 Å². The molecule has 16 nitrogen and oxygen atoms in total. The van der Waals surface area contributed by atoms with E-state index in [-0.39, 0.29) is 65.7 Å². The van der Waals surface area contributed by atoms with Crippen LogP contribution < -0.4 is 0 Å². The fraction of sp³-hybridized carbons (Fsp3) is 0.393. The average molecular weight is 1430 g/mol. The first kappa shape index (κ1) is 79.9. The molecule has 3 saturated carbocycles. The third-order valence-corrected chi connectivity index (χ3v) is 18.6. The molecule has 0 radical (unpaired) electrons. The molecular formula is C84H92F4O16. The quantitative estimate of drug-likeness (QED) is 0.0442. The van der Waals surface area contributed by atoms with E-state index in [1.807, 2.05) is 20.8 Å². The summed E-state index contributed by atoms with van der Waals surface area (Å²) in [6, 6.07) is 23.5. The third-order valence-electron chi connectivity index (χ3n) is 18.6. The summed E-state index contributed by atoms with van der Waals surface area (Å²) in [4.78, 5) is 86.7. The van der Waals surface area contributed by atoms with Gasteiger partial charge in [-0.1, -0.05) is 85.0 Å². The summed E-state index contributed by atoms with van der Waals surface area (Å²) in [5.74, 6) is -6.04. The van der Waals surface area contributed by atoms with E-state index in [9.17, 15) is 61.3 Å². The summed E-state index contributed by atoms with van der Waals surface area (Å²) < 4.78 is 92.5. The van der Waals surface area contributed by atoms with Crippen molar-refractivity contribution in [2.75, 3.05) is 0 Å². The Hall–Kier alpha value is -9.79. The lowest BCUT2D eigenvalue weighted by Crippen LogP contribution is -2.27. The van der Waals surface area contributed by atoms with E-state index >= 15 is 0 Å². The molecule has 0 saturated heterocycles. The van der Waals surface area contributed by atoms with Crippen LogP contribution in [0.2, 0.25) is 0 Å². The number of aliphatic hydroxyl groups excluding tert-OH is 2. The molecule has 0 unspecified atom stereocenters. The van der Waals surface area contributed by atoms with Crippen molar-refractivity contribution in [1.82, 2.24) is 0 Å². The summed E-state index contributed by atoms with van der Waals surface area (Å²) in [6.45, 7) is 5.55. The Morgan fingerprint density at radius 3 is 1.09 bits per heavy atom. The number of hydrogen-bond acceptors (Lipinski definition) is 16. The predicted octanol–water partition coefficient (Wildman–Crippen LogP) is 15.5. The van der Waals surface area contributed by atoms with E-state index in [1.54, 1.807) is 48.5 Å². The van der Waals surface area contributed by atoms with Gasteiger partial charge in [0.25, 0.3) is 0 Å². The van der Waals surface area contributed by atoms with Crippen molar-refractivity contribution in [3.8, 4) is 0 Å². The molecule has 20 heteroatoms. The number of rotatable bonds is 12. The largest absolute Gasteiger partial charge is 0.460 e. The smallest absolute Gasteiger partial charge is 0.331 e. The number of esters is 7. The Morgan fingerprint density at radius 1 is 0.404 bits per heavy atom. The number of halogens is 4. The van der Waals surface area contributed by atoms with E-state index in [4.69, 9.17) is 33.2 Å². The molecule has 4 aromatic carbocycles. The second kappa shape index (κ2) is 41.5. The average Bonchev–Trinajstić information content (AvgIpc) is 1.72. The van der Waals surface area contributed by atoms with Gasteiger partial charge in [-0.05, 0) is 254 Å². The molecule has 10 rings (SSSR count). The molecule has 15 atom stereocenters. The first-order chi connectivity index (χ1) is 50.0.